The first-order valence-electron chi connectivity index (χ1n) is 10.7. The molecule has 0 bridgehead atoms. The van der Waals surface area contributed by atoms with E-state index < -0.39 is 0 Å². The maximum atomic E-state index is 13.3. The van der Waals surface area contributed by atoms with E-state index in [9.17, 15) is 14.7 Å². The summed E-state index contributed by atoms with van der Waals surface area (Å²) < 4.78 is 11.7. The van der Waals surface area contributed by atoms with Gasteiger partial charge in [0.25, 0.3) is 5.91 Å². The van der Waals surface area contributed by atoms with Crippen molar-refractivity contribution in [1.29, 1.82) is 0 Å². The summed E-state index contributed by atoms with van der Waals surface area (Å²) >= 11 is 0. The Kier molecular flexibility index (Phi) is 7.69. The molecule has 0 saturated carbocycles. The third-order valence-electron chi connectivity index (χ3n) is 5.95. The number of nitrogens with one attached hydrogen (secondary N) is 2. The van der Waals surface area contributed by atoms with Gasteiger partial charge >= 0.3 is 0 Å². The van der Waals surface area contributed by atoms with Crippen LogP contribution in [0.15, 0.2) is 18.2 Å². The highest BCUT2D eigenvalue weighted by molar-refractivity contribution is 6.02. The van der Waals surface area contributed by atoms with Crippen LogP contribution in [0.4, 0.5) is 5.69 Å². The molecular formula is C22H33N3O5. The molecule has 0 radical (unpaired) electrons. The summed E-state index contributed by atoms with van der Waals surface area (Å²) in [5.41, 5.74) is 0.900. The molecule has 1 saturated heterocycles. The second kappa shape index (κ2) is 10.2. The molecule has 3 atom stereocenters. The fourth-order valence-corrected chi connectivity index (χ4v) is 3.98. The van der Waals surface area contributed by atoms with Crippen LogP contribution < -0.4 is 15.4 Å². The normalized spacial score (nSPS) is 23.7. The third-order valence-corrected chi connectivity index (χ3v) is 5.95. The number of hydrogen-bond acceptors (Lipinski definition) is 6. The van der Waals surface area contributed by atoms with Crippen LogP contribution in [0.2, 0.25) is 0 Å². The Morgan fingerprint density at radius 3 is 2.73 bits per heavy atom. The predicted octanol–water partition coefficient (Wildman–Crippen LogP) is 1.49. The number of carbonyl (C=O) groups excluding carboxylic acids is 2. The summed E-state index contributed by atoms with van der Waals surface area (Å²) in [6, 6.07) is 4.91. The Morgan fingerprint density at radius 1 is 1.33 bits per heavy atom. The van der Waals surface area contributed by atoms with Gasteiger partial charge in [-0.2, -0.15) is 0 Å². The predicted molar refractivity (Wildman–Crippen MR) is 114 cm³/mol. The first-order chi connectivity index (χ1) is 14.5. The number of carbonyl (C=O) groups is 2. The van der Waals surface area contributed by atoms with Crippen molar-refractivity contribution >= 4 is 17.5 Å². The molecule has 3 rings (SSSR count). The van der Waals surface area contributed by atoms with Crippen LogP contribution >= 0.6 is 0 Å². The summed E-state index contributed by atoms with van der Waals surface area (Å²) in [5, 5.41) is 15.8. The highest BCUT2D eigenvalue weighted by atomic mass is 16.5. The summed E-state index contributed by atoms with van der Waals surface area (Å²) in [5.74, 6) is 0.0246. The second-order valence-electron chi connectivity index (χ2n) is 8.24. The van der Waals surface area contributed by atoms with Crippen molar-refractivity contribution in [3.05, 3.63) is 23.8 Å². The number of amides is 2. The lowest BCUT2D eigenvalue weighted by Gasteiger charge is -2.37. The number of aliphatic hydroxyl groups is 1. The zero-order valence-corrected chi connectivity index (χ0v) is 18.0. The van der Waals surface area contributed by atoms with Crippen LogP contribution in [0.3, 0.4) is 0 Å². The van der Waals surface area contributed by atoms with Gasteiger partial charge in [-0.05, 0) is 38.9 Å². The Balaban J connectivity index is 1.96. The Labute approximate surface area is 177 Å². The van der Waals surface area contributed by atoms with E-state index in [1.165, 1.54) is 0 Å². The molecule has 0 aliphatic carbocycles. The van der Waals surface area contributed by atoms with Gasteiger partial charge in [-0.25, -0.2) is 0 Å². The average molecular weight is 420 g/mol. The molecule has 0 aromatic heterocycles. The molecule has 1 aromatic carbocycles. The summed E-state index contributed by atoms with van der Waals surface area (Å²) in [6.45, 7) is 5.97. The van der Waals surface area contributed by atoms with Crippen molar-refractivity contribution in [2.24, 2.45) is 11.8 Å². The van der Waals surface area contributed by atoms with Crippen LogP contribution in [0, 0.1) is 11.8 Å². The molecule has 8 heteroatoms. The number of anilines is 1. The maximum Gasteiger partial charge on any atom is 0.258 e. The highest BCUT2D eigenvalue weighted by Crippen LogP contribution is 2.35. The number of nitrogens with zero attached hydrogens (tertiary/aromatic N) is 1. The smallest absolute Gasteiger partial charge is 0.258 e. The molecule has 0 spiro atoms. The van der Waals surface area contributed by atoms with Crippen LogP contribution in [-0.4, -0.2) is 73.9 Å². The monoisotopic (exact) mass is 419 g/mol. The topological polar surface area (TPSA) is 100 Å². The number of rotatable bonds is 6. The molecule has 1 aromatic rings. The molecule has 2 aliphatic rings. The van der Waals surface area contributed by atoms with Crippen molar-refractivity contribution in [2.45, 2.75) is 38.8 Å². The fraction of sp³-hybridized carbons (Fsp3) is 0.636. The molecular weight excluding hydrogens is 386 g/mol. The van der Waals surface area contributed by atoms with Crippen molar-refractivity contribution in [3.63, 3.8) is 0 Å². The van der Waals surface area contributed by atoms with E-state index >= 15 is 0 Å². The van der Waals surface area contributed by atoms with Gasteiger partial charge in [0, 0.05) is 38.1 Å². The SMILES string of the molecule is CNC[C@H]1Oc2c(NC(=O)C3CCOCC3)cccc2C(=O)N([C@H](C)CO)C[C@@H]1C. The number of para-hydroxylation sites is 1. The van der Waals surface area contributed by atoms with E-state index in [0.717, 1.165) is 0 Å². The van der Waals surface area contributed by atoms with Gasteiger partial charge in [0.1, 0.15) is 6.10 Å². The summed E-state index contributed by atoms with van der Waals surface area (Å²) in [7, 11) is 1.86. The van der Waals surface area contributed by atoms with Gasteiger partial charge in [-0.15, -0.1) is 0 Å². The fourth-order valence-electron chi connectivity index (χ4n) is 3.98. The number of benzene rings is 1. The lowest BCUT2D eigenvalue weighted by atomic mass is 9.98. The van der Waals surface area contributed by atoms with E-state index in [0.29, 0.717) is 56.1 Å². The van der Waals surface area contributed by atoms with Gasteiger partial charge in [0.2, 0.25) is 5.91 Å². The van der Waals surface area contributed by atoms with Gasteiger partial charge < -0.3 is 30.1 Å². The third kappa shape index (κ3) is 4.94. The van der Waals surface area contributed by atoms with E-state index in [1.807, 2.05) is 20.9 Å². The quantitative estimate of drug-likeness (QED) is 0.646. The van der Waals surface area contributed by atoms with Crippen LogP contribution in [0.25, 0.3) is 0 Å². The van der Waals surface area contributed by atoms with E-state index in [4.69, 9.17) is 9.47 Å². The molecule has 3 N–H and O–H groups in total. The van der Waals surface area contributed by atoms with E-state index in [2.05, 4.69) is 10.6 Å². The summed E-state index contributed by atoms with van der Waals surface area (Å²) in [4.78, 5) is 27.8. The van der Waals surface area contributed by atoms with Gasteiger partial charge in [-0.3, -0.25) is 9.59 Å². The molecule has 8 nitrogen and oxygen atoms in total. The maximum absolute atomic E-state index is 13.3. The minimum atomic E-state index is -0.318. The average Bonchev–Trinajstić information content (AvgIpc) is 2.76. The Bertz CT molecular complexity index is 750. The molecule has 2 aliphatic heterocycles. The molecule has 0 unspecified atom stereocenters. The largest absolute Gasteiger partial charge is 0.486 e. The molecule has 2 heterocycles. The Morgan fingerprint density at radius 2 is 2.07 bits per heavy atom. The number of likely N-dealkylation sites (N-methyl/N-ethyl adjacent to an activating group) is 1. The first-order valence-corrected chi connectivity index (χ1v) is 10.7. The van der Waals surface area contributed by atoms with Crippen LogP contribution in [0.1, 0.15) is 37.0 Å². The van der Waals surface area contributed by atoms with Gasteiger partial charge in [-0.1, -0.05) is 13.0 Å². The Hall–Kier alpha value is -2.16. The lowest BCUT2D eigenvalue weighted by Crippen LogP contribution is -2.49. The van der Waals surface area contributed by atoms with E-state index in [1.54, 1.807) is 23.1 Å². The van der Waals surface area contributed by atoms with Crippen LogP contribution in [0.5, 0.6) is 5.75 Å². The minimum Gasteiger partial charge on any atom is -0.486 e. The number of aliphatic hydroxyl groups excluding tert-OH is 1. The van der Waals surface area contributed by atoms with Crippen molar-refractivity contribution in [1.82, 2.24) is 10.2 Å². The molecule has 30 heavy (non-hydrogen) atoms. The van der Waals surface area contributed by atoms with Crippen molar-refractivity contribution in [3.8, 4) is 5.75 Å². The van der Waals surface area contributed by atoms with Gasteiger partial charge in [0.15, 0.2) is 5.75 Å². The number of ether oxygens (including phenoxy) is 2. The van der Waals surface area contributed by atoms with Gasteiger partial charge in [0.05, 0.1) is 23.9 Å². The zero-order valence-electron chi connectivity index (χ0n) is 18.0. The minimum absolute atomic E-state index is 0.0304. The number of hydrogen-bond donors (Lipinski definition) is 3. The first kappa shape index (κ1) is 22.5. The second-order valence-corrected chi connectivity index (χ2v) is 8.24. The van der Waals surface area contributed by atoms with Crippen molar-refractivity contribution < 1.29 is 24.2 Å². The van der Waals surface area contributed by atoms with Crippen LogP contribution in [-0.2, 0) is 9.53 Å². The molecule has 1 fully saturated rings. The zero-order chi connectivity index (χ0) is 21.7. The van der Waals surface area contributed by atoms with Crippen molar-refractivity contribution in [2.75, 3.05) is 45.3 Å². The molecule has 2 amide bonds. The standard InChI is InChI=1S/C22H33N3O5/c1-14-12-25(15(2)13-26)22(28)17-5-4-6-18(20(17)30-19(14)11-23-3)24-21(27)16-7-9-29-10-8-16/h4-6,14-16,19,23,26H,7-13H2,1-3H3,(H,24,27)/t14-,15+,19+/m0/s1. The highest BCUT2D eigenvalue weighted by Gasteiger charge is 2.34. The molecule has 166 valence electrons. The van der Waals surface area contributed by atoms with E-state index in [-0.39, 0.29) is 42.4 Å². The number of fused-ring (bicyclic) bond motifs is 1. The lowest BCUT2D eigenvalue weighted by molar-refractivity contribution is -0.122. The summed E-state index contributed by atoms with van der Waals surface area (Å²) in [6.07, 6.45) is 1.17.